The van der Waals surface area contributed by atoms with E-state index < -0.39 is 0 Å². The monoisotopic (exact) mass is 175 g/mol. The first-order valence-corrected chi connectivity index (χ1v) is 4.20. The number of rotatable bonds is 4. The standard InChI is InChI=1S/C11H13NO/c1-12(10-13)9-5-8-11-6-3-2-4-7-11/h2-8,10H,9H2,1H3/b8-5+. The van der Waals surface area contributed by atoms with E-state index in [0.717, 1.165) is 12.0 Å². The summed E-state index contributed by atoms with van der Waals surface area (Å²) in [7, 11) is 1.75. The molecule has 0 aliphatic carbocycles. The lowest BCUT2D eigenvalue weighted by molar-refractivity contribution is -0.116. The fraction of sp³-hybridized carbons (Fsp3) is 0.182. The first-order valence-electron chi connectivity index (χ1n) is 4.20. The van der Waals surface area contributed by atoms with Gasteiger partial charge in [-0.3, -0.25) is 4.79 Å². The van der Waals surface area contributed by atoms with E-state index in [2.05, 4.69) is 0 Å². The summed E-state index contributed by atoms with van der Waals surface area (Å²) in [5, 5.41) is 0. The van der Waals surface area contributed by atoms with Gasteiger partial charge in [0.25, 0.3) is 0 Å². The first kappa shape index (κ1) is 9.52. The second-order valence-corrected chi connectivity index (χ2v) is 2.86. The van der Waals surface area contributed by atoms with Gasteiger partial charge in [-0.15, -0.1) is 0 Å². The van der Waals surface area contributed by atoms with Crippen LogP contribution in [-0.2, 0) is 4.79 Å². The molecular formula is C11H13NO. The lowest BCUT2D eigenvalue weighted by Crippen LogP contribution is -2.14. The van der Waals surface area contributed by atoms with Crippen molar-refractivity contribution in [3.05, 3.63) is 42.0 Å². The van der Waals surface area contributed by atoms with E-state index in [1.54, 1.807) is 11.9 Å². The Morgan fingerprint density at radius 1 is 1.31 bits per heavy atom. The molecule has 0 bridgehead atoms. The summed E-state index contributed by atoms with van der Waals surface area (Å²) in [5.41, 5.74) is 1.15. The van der Waals surface area contributed by atoms with Crippen LogP contribution in [0.5, 0.6) is 0 Å². The van der Waals surface area contributed by atoms with Crippen molar-refractivity contribution in [2.75, 3.05) is 13.6 Å². The van der Waals surface area contributed by atoms with Crippen molar-refractivity contribution in [3.63, 3.8) is 0 Å². The maximum Gasteiger partial charge on any atom is 0.209 e. The van der Waals surface area contributed by atoms with E-state index >= 15 is 0 Å². The molecule has 1 amide bonds. The normalized spacial score (nSPS) is 10.2. The molecule has 68 valence electrons. The Balaban J connectivity index is 2.45. The highest BCUT2D eigenvalue weighted by molar-refractivity contribution is 5.51. The zero-order valence-electron chi connectivity index (χ0n) is 7.68. The van der Waals surface area contributed by atoms with E-state index in [1.165, 1.54) is 0 Å². The quantitative estimate of drug-likeness (QED) is 0.639. The van der Waals surface area contributed by atoms with Crippen LogP contribution < -0.4 is 0 Å². The van der Waals surface area contributed by atoms with E-state index in [1.807, 2.05) is 42.5 Å². The van der Waals surface area contributed by atoms with Crippen LogP contribution in [0.25, 0.3) is 6.08 Å². The fourth-order valence-electron chi connectivity index (χ4n) is 0.962. The molecule has 2 heteroatoms. The average molecular weight is 175 g/mol. The number of amides is 1. The van der Waals surface area contributed by atoms with E-state index in [4.69, 9.17) is 0 Å². The highest BCUT2D eigenvalue weighted by Gasteiger charge is 1.86. The Morgan fingerprint density at radius 3 is 2.62 bits per heavy atom. The predicted octanol–water partition coefficient (Wildman–Crippen LogP) is 1.79. The van der Waals surface area contributed by atoms with Gasteiger partial charge >= 0.3 is 0 Å². The molecule has 0 atom stereocenters. The molecule has 1 rings (SSSR count). The smallest absolute Gasteiger partial charge is 0.209 e. The maximum absolute atomic E-state index is 10.2. The van der Waals surface area contributed by atoms with Gasteiger partial charge in [-0.2, -0.15) is 0 Å². The largest absolute Gasteiger partial charge is 0.345 e. The van der Waals surface area contributed by atoms with Crippen LogP contribution in [0.4, 0.5) is 0 Å². The van der Waals surface area contributed by atoms with Crippen LogP contribution in [0.2, 0.25) is 0 Å². The second kappa shape index (κ2) is 5.14. The minimum absolute atomic E-state index is 0.651. The molecule has 1 aromatic carbocycles. The lowest BCUT2D eigenvalue weighted by atomic mass is 10.2. The Kier molecular flexibility index (Phi) is 3.76. The number of hydrogen-bond donors (Lipinski definition) is 0. The van der Waals surface area contributed by atoms with Crippen molar-refractivity contribution in [1.29, 1.82) is 0 Å². The zero-order valence-corrected chi connectivity index (χ0v) is 7.68. The van der Waals surface area contributed by atoms with Gasteiger partial charge in [0, 0.05) is 13.6 Å². The Morgan fingerprint density at radius 2 is 2.00 bits per heavy atom. The van der Waals surface area contributed by atoms with Crippen LogP contribution in [-0.4, -0.2) is 24.9 Å². The first-order chi connectivity index (χ1) is 6.33. The highest BCUT2D eigenvalue weighted by Crippen LogP contribution is 2.00. The van der Waals surface area contributed by atoms with E-state index in [-0.39, 0.29) is 0 Å². The molecule has 0 aromatic heterocycles. The molecule has 0 saturated heterocycles. The lowest BCUT2D eigenvalue weighted by Gasteiger charge is -2.04. The Labute approximate surface area is 78.5 Å². The molecule has 0 spiro atoms. The van der Waals surface area contributed by atoms with Gasteiger partial charge in [-0.1, -0.05) is 42.5 Å². The SMILES string of the molecule is CN(C=O)C/C=C/c1ccccc1. The maximum atomic E-state index is 10.2. The number of carbonyl (C=O) groups excluding carboxylic acids is 1. The number of benzene rings is 1. The summed E-state index contributed by atoms with van der Waals surface area (Å²) in [4.78, 5) is 11.8. The number of likely N-dealkylation sites (N-methyl/N-ethyl adjacent to an activating group) is 1. The van der Waals surface area contributed by atoms with Gasteiger partial charge in [0.15, 0.2) is 0 Å². The summed E-state index contributed by atoms with van der Waals surface area (Å²) in [6, 6.07) is 10.0. The molecule has 0 heterocycles. The zero-order chi connectivity index (χ0) is 9.52. The van der Waals surface area contributed by atoms with Crippen LogP contribution >= 0.6 is 0 Å². The average Bonchev–Trinajstić information content (AvgIpc) is 2.19. The van der Waals surface area contributed by atoms with E-state index in [9.17, 15) is 4.79 Å². The van der Waals surface area contributed by atoms with Gasteiger partial charge in [-0.25, -0.2) is 0 Å². The highest BCUT2D eigenvalue weighted by atomic mass is 16.1. The minimum atomic E-state index is 0.651. The van der Waals surface area contributed by atoms with Crippen molar-refractivity contribution in [2.24, 2.45) is 0 Å². The van der Waals surface area contributed by atoms with Crippen LogP contribution in [0.3, 0.4) is 0 Å². The molecule has 0 radical (unpaired) electrons. The van der Waals surface area contributed by atoms with Gasteiger partial charge in [0.05, 0.1) is 0 Å². The Bertz CT molecular complexity index is 279. The summed E-state index contributed by atoms with van der Waals surface area (Å²) in [6.45, 7) is 0.651. The summed E-state index contributed by atoms with van der Waals surface area (Å²) >= 11 is 0. The van der Waals surface area contributed by atoms with Crippen molar-refractivity contribution in [3.8, 4) is 0 Å². The molecular weight excluding hydrogens is 162 g/mol. The molecule has 0 fully saturated rings. The fourth-order valence-corrected chi connectivity index (χ4v) is 0.962. The van der Waals surface area contributed by atoms with Crippen LogP contribution in [0.1, 0.15) is 5.56 Å². The predicted molar refractivity (Wildman–Crippen MR) is 54.2 cm³/mol. The number of hydrogen-bond acceptors (Lipinski definition) is 1. The number of carbonyl (C=O) groups is 1. The third kappa shape index (κ3) is 3.56. The molecule has 0 aliphatic heterocycles. The number of nitrogens with zero attached hydrogens (tertiary/aromatic N) is 1. The molecule has 0 unspecified atom stereocenters. The summed E-state index contributed by atoms with van der Waals surface area (Å²) < 4.78 is 0. The van der Waals surface area contributed by atoms with Gasteiger partial charge in [0.2, 0.25) is 6.41 Å². The molecule has 1 aromatic rings. The van der Waals surface area contributed by atoms with Crippen molar-refractivity contribution in [1.82, 2.24) is 4.90 Å². The summed E-state index contributed by atoms with van der Waals surface area (Å²) in [5.74, 6) is 0. The summed E-state index contributed by atoms with van der Waals surface area (Å²) in [6.07, 6.45) is 4.78. The third-order valence-corrected chi connectivity index (χ3v) is 1.68. The second-order valence-electron chi connectivity index (χ2n) is 2.86. The van der Waals surface area contributed by atoms with Crippen molar-refractivity contribution >= 4 is 12.5 Å². The molecule has 0 aliphatic rings. The van der Waals surface area contributed by atoms with E-state index in [0.29, 0.717) is 6.54 Å². The van der Waals surface area contributed by atoms with Gasteiger partial charge in [0.1, 0.15) is 0 Å². The topological polar surface area (TPSA) is 20.3 Å². The van der Waals surface area contributed by atoms with Crippen LogP contribution in [0, 0.1) is 0 Å². The van der Waals surface area contributed by atoms with Crippen LogP contribution in [0.15, 0.2) is 36.4 Å². The van der Waals surface area contributed by atoms with Gasteiger partial charge < -0.3 is 4.90 Å². The minimum Gasteiger partial charge on any atom is -0.345 e. The van der Waals surface area contributed by atoms with Crippen molar-refractivity contribution in [2.45, 2.75) is 0 Å². The molecule has 2 nitrogen and oxygen atoms in total. The molecule has 13 heavy (non-hydrogen) atoms. The van der Waals surface area contributed by atoms with Gasteiger partial charge in [-0.05, 0) is 5.56 Å². The van der Waals surface area contributed by atoms with Crippen molar-refractivity contribution < 1.29 is 4.79 Å². The Hall–Kier alpha value is -1.57. The molecule has 0 saturated carbocycles. The molecule has 0 N–H and O–H groups in total. The third-order valence-electron chi connectivity index (χ3n) is 1.68.